The summed E-state index contributed by atoms with van der Waals surface area (Å²) in [6.45, 7) is 3.76. The Morgan fingerprint density at radius 2 is 2.31 bits per heavy atom. The van der Waals surface area contributed by atoms with Crippen LogP contribution in [0.1, 0.15) is 19.0 Å². The van der Waals surface area contributed by atoms with E-state index in [0.717, 1.165) is 29.7 Å². The standard InChI is InChI=1S/C19H23N5O2/c1-13-5-9-24(18(25)11-14-6-10-26-22-14)12-17(13)23(2)16-4-8-21-19-15(16)3-7-20-19/h3-4,6-8,10,13,17H,5,9,11-12H2,1-2H3,(H,20,21)/t13-,17?/m1/s1. The van der Waals surface area contributed by atoms with Gasteiger partial charge in [0.05, 0.1) is 12.1 Å². The Bertz CT molecular complexity index is 888. The fraction of sp³-hybridized carbons (Fsp3) is 0.421. The van der Waals surface area contributed by atoms with Crippen LogP contribution in [0.3, 0.4) is 0 Å². The summed E-state index contributed by atoms with van der Waals surface area (Å²) >= 11 is 0. The molecule has 0 radical (unpaired) electrons. The monoisotopic (exact) mass is 353 g/mol. The molecule has 1 aliphatic rings. The summed E-state index contributed by atoms with van der Waals surface area (Å²) in [7, 11) is 2.11. The lowest BCUT2D eigenvalue weighted by Gasteiger charge is -2.42. The van der Waals surface area contributed by atoms with Gasteiger partial charge in [0.15, 0.2) is 0 Å². The van der Waals surface area contributed by atoms with E-state index in [2.05, 4.69) is 40.1 Å². The first-order valence-corrected chi connectivity index (χ1v) is 8.95. The number of nitrogens with zero attached hydrogens (tertiary/aromatic N) is 4. The largest absolute Gasteiger partial charge is 0.369 e. The smallest absolute Gasteiger partial charge is 0.228 e. The Morgan fingerprint density at radius 3 is 3.12 bits per heavy atom. The highest BCUT2D eigenvalue weighted by Crippen LogP contribution is 2.30. The van der Waals surface area contributed by atoms with E-state index in [4.69, 9.17) is 4.52 Å². The van der Waals surface area contributed by atoms with Crippen molar-refractivity contribution in [1.82, 2.24) is 20.0 Å². The molecular weight excluding hydrogens is 330 g/mol. The Labute approximate surface area is 152 Å². The third kappa shape index (κ3) is 3.05. The quantitative estimate of drug-likeness (QED) is 0.779. The van der Waals surface area contributed by atoms with Crippen molar-refractivity contribution in [3.63, 3.8) is 0 Å². The highest BCUT2D eigenvalue weighted by Gasteiger charge is 2.32. The second kappa shape index (κ2) is 6.82. The number of aromatic amines is 1. The van der Waals surface area contributed by atoms with Crippen molar-refractivity contribution >= 4 is 22.6 Å². The summed E-state index contributed by atoms with van der Waals surface area (Å²) in [5.74, 6) is 0.601. The number of amides is 1. The van der Waals surface area contributed by atoms with Crippen LogP contribution in [0.25, 0.3) is 11.0 Å². The Hall–Kier alpha value is -2.83. The highest BCUT2D eigenvalue weighted by molar-refractivity contribution is 5.89. The van der Waals surface area contributed by atoms with Gasteiger partial charge < -0.3 is 19.3 Å². The number of fused-ring (bicyclic) bond motifs is 1. The third-order valence-corrected chi connectivity index (χ3v) is 5.41. The molecule has 2 atom stereocenters. The van der Waals surface area contributed by atoms with E-state index >= 15 is 0 Å². The molecule has 1 N–H and O–H groups in total. The Kier molecular flexibility index (Phi) is 4.36. The van der Waals surface area contributed by atoms with Crippen molar-refractivity contribution in [3.8, 4) is 0 Å². The van der Waals surface area contributed by atoms with Gasteiger partial charge in [-0.1, -0.05) is 12.1 Å². The van der Waals surface area contributed by atoms with Crippen LogP contribution in [0.15, 0.2) is 41.4 Å². The van der Waals surface area contributed by atoms with Crippen LogP contribution >= 0.6 is 0 Å². The molecule has 0 aliphatic carbocycles. The Morgan fingerprint density at radius 1 is 1.42 bits per heavy atom. The number of pyridine rings is 1. The van der Waals surface area contributed by atoms with Gasteiger partial charge in [0.25, 0.3) is 0 Å². The lowest BCUT2D eigenvalue weighted by molar-refractivity contribution is -0.132. The predicted octanol–water partition coefficient (Wildman–Crippen LogP) is 2.47. The summed E-state index contributed by atoms with van der Waals surface area (Å²) in [4.78, 5) is 24.4. The fourth-order valence-electron chi connectivity index (χ4n) is 3.81. The van der Waals surface area contributed by atoms with Gasteiger partial charge in [-0.25, -0.2) is 4.98 Å². The molecular formula is C19H23N5O2. The van der Waals surface area contributed by atoms with Crippen molar-refractivity contribution in [2.75, 3.05) is 25.0 Å². The van der Waals surface area contributed by atoms with Crippen LogP contribution in [0, 0.1) is 5.92 Å². The summed E-state index contributed by atoms with van der Waals surface area (Å²) in [6.07, 6.45) is 6.52. The number of aromatic nitrogens is 3. The lowest BCUT2D eigenvalue weighted by Crippen LogP contribution is -2.53. The number of likely N-dealkylation sites (N-methyl/N-ethyl adjacent to an activating group) is 1. The zero-order valence-electron chi connectivity index (χ0n) is 15.1. The van der Waals surface area contributed by atoms with E-state index in [-0.39, 0.29) is 11.9 Å². The van der Waals surface area contributed by atoms with Gasteiger partial charge >= 0.3 is 0 Å². The topological polar surface area (TPSA) is 78.3 Å². The minimum Gasteiger partial charge on any atom is -0.369 e. The Balaban J connectivity index is 1.53. The van der Waals surface area contributed by atoms with E-state index in [1.165, 1.54) is 6.26 Å². The molecule has 1 aliphatic heterocycles. The number of carbonyl (C=O) groups is 1. The summed E-state index contributed by atoms with van der Waals surface area (Å²) < 4.78 is 4.83. The van der Waals surface area contributed by atoms with Gasteiger partial charge in [0.2, 0.25) is 5.91 Å². The predicted molar refractivity (Wildman–Crippen MR) is 98.9 cm³/mol. The number of nitrogens with one attached hydrogen (secondary N) is 1. The molecule has 0 spiro atoms. The molecule has 0 saturated carbocycles. The summed E-state index contributed by atoms with van der Waals surface area (Å²) in [5, 5.41) is 4.96. The molecule has 136 valence electrons. The molecule has 7 heteroatoms. The molecule has 1 unspecified atom stereocenters. The van der Waals surface area contributed by atoms with E-state index in [0.29, 0.717) is 24.6 Å². The molecule has 26 heavy (non-hydrogen) atoms. The minimum absolute atomic E-state index is 0.103. The third-order valence-electron chi connectivity index (χ3n) is 5.41. The van der Waals surface area contributed by atoms with E-state index in [1.54, 1.807) is 6.07 Å². The van der Waals surface area contributed by atoms with Crippen molar-refractivity contribution in [2.45, 2.75) is 25.8 Å². The van der Waals surface area contributed by atoms with E-state index < -0.39 is 0 Å². The maximum atomic E-state index is 12.7. The van der Waals surface area contributed by atoms with Crippen LogP contribution in [0.4, 0.5) is 5.69 Å². The first-order chi connectivity index (χ1) is 12.6. The van der Waals surface area contributed by atoms with E-state index in [1.807, 2.05) is 23.4 Å². The van der Waals surface area contributed by atoms with E-state index in [9.17, 15) is 4.79 Å². The van der Waals surface area contributed by atoms with Crippen LogP contribution < -0.4 is 4.90 Å². The number of carbonyl (C=O) groups excluding carboxylic acids is 1. The molecule has 4 rings (SSSR count). The van der Waals surface area contributed by atoms with Gasteiger partial charge in [0, 0.05) is 55.7 Å². The molecule has 3 aromatic rings. The molecule has 7 nitrogen and oxygen atoms in total. The number of anilines is 1. The number of H-pyrrole nitrogens is 1. The molecule has 1 fully saturated rings. The number of hydrogen-bond acceptors (Lipinski definition) is 5. The van der Waals surface area contributed by atoms with Crippen molar-refractivity contribution in [1.29, 1.82) is 0 Å². The number of rotatable bonds is 4. The maximum absolute atomic E-state index is 12.7. The van der Waals surface area contributed by atoms with Crippen LogP contribution in [0.5, 0.6) is 0 Å². The fourth-order valence-corrected chi connectivity index (χ4v) is 3.81. The van der Waals surface area contributed by atoms with Gasteiger partial charge in [-0.15, -0.1) is 0 Å². The normalized spacial score (nSPS) is 20.5. The van der Waals surface area contributed by atoms with Gasteiger partial charge in [0.1, 0.15) is 11.9 Å². The van der Waals surface area contributed by atoms with Crippen molar-refractivity contribution in [2.24, 2.45) is 5.92 Å². The van der Waals surface area contributed by atoms with Gasteiger partial charge in [-0.3, -0.25) is 4.79 Å². The molecule has 4 heterocycles. The zero-order chi connectivity index (χ0) is 18.1. The van der Waals surface area contributed by atoms with Gasteiger partial charge in [-0.05, 0) is 24.5 Å². The SMILES string of the molecule is C[C@@H]1CCN(C(=O)Cc2ccon2)CC1N(C)c1ccnc2[nH]ccc12. The van der Waals surface area contributed by atoms with Gasteiger partial charge in [-0.2, -0.15) is 0 Å². The average Bonchev–Trinajstić information content (AvgIpc) is 3.32. The first-order valence-electron chi connectivity index (χ1n) is 8.95. The first kappa shape index (κ1) is 16.6. The van der Waals surface area contributed by atoms with Crippen LogP contribution in [-0.2, 0) is 11.2 Å². The highest BCUT2D eigenvalue weighted by atomic mass is 16.5. The molecule has 1 amide bonds. The maximum Gasteiger partial charge on any atom is 0.228 e. The minimum atomic E-state index is 0.103. The summed E-state index contributed by atoms with van der Waals surface area (Å²) in [6, 6.07) is 6.09. The zero-order valence-corrected chi connectivity index (χ0v) is 15.1. The molecule has 1 saturated heterocycles. The lowest BCUT2D eigenvalue weighted by atomic mass is 9.91. The van der Waals surface area contributed by atoms with Crippen molar-refractivity contribution in [3.05, 3.63) is 42.5 Å². The summed E-state index contributed by atoms with van der Waals surface area (Å²) in [5.41, 5.74) is 2.71. The van der Waals surface area contributed by atoms with Crippen LogP contribution in [0.2, 0.25) is 0 Å². The molecule has 0 bridgehead atoms. The average molecular weight is 353 g/mol. The van der Waals surface area contributed by atoms with Crippen molar-refractivity contribution < 1.29 is 9.32 Å². The number of piperidine rings is 1. The number of hydrogen-bond donors (Lipinski definition) is 1. The second-order valence-electron chi connectivity index (χ2n) is 7.02. The number of likely N-dealkylation sites (tertiary alicyclic amines) is 1. The van der Waals surface area contributed by atoms with Crippen LogP contribution in [-0.4, -0.2) is 52.1 Å². The second-order valence-corrected chi connectivity index (χ2v) is 7.02. The molecule has 3 aromatic heterocycles. The molecule has 0 aromatic carbocycles.